The van der Waals surface area contributed by atoms with Gasteiger partial charge in [-0.05, 0) is 31.9 Å². The molecule has 0 saturated heterocycles. The molecule has 3 rings (SSSR count). The van der Waals surface area contributed by atoms with Gasteiger partial charge in [-0.25, -0.2) is 0 Å². The zero-order valence-corrected chi connectivity index (χ0v) is 18.4. The molecular formula is C20H30ClN7O2. The molecule has 1 aliphatic rings. The van der Waals surface area contributed by atoms with Gasteiger partial charge in [-0.1, -0.05) is 18.9 Å². The van der Waals surface area contributed by atoms with E-state index in [4.69, 9.17) is 16.2 Å². The van der Waals surface area contributed by atoms with E-state index in [1.165, 1.54) is 0 Å². The van der Waals surface area contributed by atoms with Gasteiger partial charge in [0, 0.05) is 31.4 Å². The number of carbonyl (C=O) groups excluding carboxylic acids is 1. The largest absolute Gasteiger partial charge is 0.486 e. The van der Waals surface area contributed by atoms with E-state index in [9.17, 15) is 4.79 Å². The Morgan fingerprint density at radius 2 is 2.07 bits per heavy atom. The second kappa shape index (κ2) is 9.90. The van der Waals surface area contributed by atoms with Gasteiger partial charge in [0.2, 0.25) is 17.8 Å². The molecule has 0 aliphatic heterocycles. The monoisotopic (exact) mass is 435 g/mol. The molecule has 5 N–H and O–H groups in total. The van der Waals surface area contributed by atoms with Gasteiger partial charge in [-0.2, -0.15) is 15.0 Å². The molecule has 1 aromatic heterocycles. The number of halogens is 1. The molecule has 1 saturated carbocycles. The predicted octanol–water partition coefficient (Wildman–Crippen LogP) is 2.37. The van der Waals surface area contributed by atoms with E-state index in [0.29, 0.717) is 23.2 Å². The molecule has 1 amide bonds. The number of hydrogen-bond acceptors (Lipinski definition) is 8. The van der Waals surface area contributed by atoms with Gasteiger partial charge in [0.25, 0.3) is 0 Å². The lowest BCUT2D eigenvalue weighted by Crippen LogP contribution is -2.51. The summed E-state index contributed by atoms with van der Waals surface area (Å²) in [5.74, 6) is 1.38. The van der Waals surface area contributed by atoms with Crippen molar-refractivity contribution >= 4 is 35.9 Å². The standard InChI is InChI=1S/C20H29N7O2.ClH/c1-20(22)10-5-4-9-15(20)17(28)23-13-7-6-8-14(11-13)29-12-16-24-18(21)26-19(25-16)27(2)3;/h6-8,11,15H,4-5,9-10,12,22H2,1-3H3,(H,23,28)(H2,21,24,25,26);1H. The fourth-order valence-electron chi connectivity index (χ4n) is 3.52. The minimum absolute atomic E-state index is 0. The second-order valence-electron chi connectivity index (χ2n) is 7.91. The molecule has 1 fully saturated rings. The average molecular weight is 436 g/mol. The zero-order valence-electron chi connectivity index (χ0n) is 17.6. The highest BCUT2D eigenvalue weighted by Gasteiger charge is 2.37. The lowest BCUT2D eigenvalue weighted by molar-refractivity contribution is -0.122. The molecular weight excluding hydrogens is 406 g/mol. The minimum Gasteiger partial charge on any atom is -0.486 e. The molecule has 2 aromatic rings. The smallest absolute Gasteiger partial charge is 0.230 e. The van der Waals surface area contributed by atoms with Crippen LogP contribution in [0, 0.1) is 5.92 Å². The van der Waals surface area contributed by atoms with Crippen LogP contribution in [0.3, 0.4) is 0 Å². The van der Waals surface area contributed by atoms with Crippen LogP contribution in [0.4, 0.5) is 17.6 Å². The number of rotatable bonds is 6. The van der Waals surface area contributed by atoms with Gasteiger partial charge in [0.05, 0.1) is 5.92 Å². The Kier molecular flexibility index (Phi) is 7.80. The van der Waals surface area contributed by atoms with Crippen LogP contribution in [-0.4, -0.2) is 40.5 Å². The molecule has 0 radical (unpaired) electrons. The molecule has 1 aromatic carbocycles. The van der Waals surface area contributed by atoms with Crippen molar-refractivity contribution in [3.8, 4) is 5.75 Å². The summed E-state index contributed by atoms with van der Waals surface area (Å²) in [6.45, 7) is 2.09. The third-order valence-corrected chi connectivity index (χ3v) is 5.13. The van der Waals surface area contributed by atoms with Crippen molar-refractivity contribution in [3.05, 3.63) is 30.1 Å². The highest BCUT2D eigenvalue weighted by atomic mass is 35.5. The number of nitrogens with one attached hydrogen (secondary N) is 1. The Balaban J connectivity index is 0.00000320. The summed E-state index contributed by atoms with van der Waals surface area (Å²) < 4.78 is 5.79. The third-order valence-electron chi connectivity index (χ3n) is 5.13. The maximum Gasteiger partial charge on any atom is 0.230 e. The summed E-state index contributed by atoms with van der Waals surface area (Å²) in [5, 5.41) is 2.97. The second-order valence-corrected chi connectivity index (χ2v) is 7.91. The number of aromatic nitrogens is 3. The number of nitrogen functional groups attached to an aromatic ring is 1. The number of carbonyl (C=O) groups is 1. The van der Waals surface area contributed by atoms with Gasteiger partial charge in [-0.3, -0.25) is 4.79 Å². The predicted molar refractivity (Wildman–Crippen MR) is 120 cm³/mol. The molecule has 0 spiro atoms. The maximum absolute atomic E-state index is 12.7. The fraction of sp³-hybridized carbons (Fsp3) is 0.500. The van der Waals surface area contributed by atoms with Gasteiger partial charge in [0.1, 0.15) is 12.4 Å². The first-order valence-electron chi connectivity index (χ1n) is 9.75. The number of nitrogens with two attached hydrogens (primary N) is 2. The Labute approximate surface area is 183 Å². The van der Waals surface area contributed by atoms with Crippen LogP contribution in [0.1, 0.15) is 38.4 Å². The third kappa shape index (κ3) is 5.93. The average Bonchev–Trinajstić information content (AvgIpc) is 2.65. The first kappa shape index (κ1) is 23.6. The quantitative estimate of drug-likeness (QED) is 0.629. The molecule has 0 bridgehead atoms. The van der Waals surface area contributed by atoms with Crippen LogP contribution < -0.4 is 26.4 Å². The van der Waals surface area contributed by atoms with Crippen LogP contribution in [0.15, 0.2) is 24.3 Å². The Bertz CT molecular complexity index is 876. The van der Waals surface area contributed by atoms with Crippen molar-refractivity contribution in [2.24, 2.45) is 11.7 Å². The Hall–Kier alpha value is -2.65. The van der Waals surface area contributed by atoms with Crippen molar-refractivity contribution in [1.82, 2.24) is 15.0 Å². The summed E-state index contributed by atoms with van der Waals surface area (Å²) in [5.41, 5.74) is 12.3. The van der Waals surface area contributed by atoms with E-state index < -0.39 is 5.54 Å². The molecule has 1 heterocycles. The summed E-state index contributed by atoms with van der Waals surface area (Å²) in [4.78, 5) is 26.9. The van der Waals surface area contributed by atoms with E-state index in [0.717, 1.165) is 25.7 Å². The van der Waals surface area contributed by atoms with Crippen LogP contribution >= 0.6 is 12.4 Å². The summed E-state index contributed by atoms with van der Waals surface area (Å²) in [7, 11) is 3.65. The first-order valence-corrected chi connectivity index (χ1v) is 9.75. The van der Waals surface area contributed by atoms with Crippen molar-refractivity contribution < 1.29 is 9.53 Å². The maximum atomic E-state index is 12.7. The van der Waals surface area contributed by atoms with Crippen molar-refractivity contribution in [3.63, 3.8) is 0 Å². The number of ether oxygens (including phenoxy) is 1. The van der Waals surface area contributed by atoms with E-state index in [-0.39, 0.29) is 36.8 Å². The van der Waals surface area contributed by atoms with Crippen molar-refractivity contribution in [2.45, 2.75) is 44.8 Å². The normalized spacial score (nSPS) is 20.7. The summed E-state index contributed by atoms with van der Waals surface area (Å²) in [6.07, 6.45) is 3.76. The van der Waals surface area contributed by atoms with E-state index >= 15 is 0 Å². The molecule has 30 heavy (non-hydrogen) atoms. The van der Waals surface area contributed by atoms with Crippen LogP contribution in [-0.2, 0) is 11.4 Å². The summed E-state index contributed by atoms with van der Waals surface area (Å²) >= 11 is 0. The van der Waals surface area contributed by atoms with Crippen molar-refractivity contribution in [2.75, 3.05) is 30.0 Å². The van der Waals surface area contributed by atoms with Gasteiger partial charge >= 0.3 is 0 Å². The highest BCUT2D eigenvalue weighted by molar-refractivity contribution is 5.93. The van der Waals surface area contributed by atoms with Crippen molar-refractivity contribution in [1.29, 1.82) is 0 Å². The van der Waals surface area contributed by atoms with Crippen LogP contribution in [0.2, 0.25) is 0 Å². The van der Waals surface area contributed by atoms with Gasteiger partial charge in [-0.15, -0.1) is 12.4 Å². The lowest BCUT2D eigenvalue weighted by Gasteiger charge is -2.37. The lowest BCUT2D eigenvalue weighted by atomic mass is 9.74. The first-order chi connectivity index (χ1) is 13.7. The number of amides is 1. The zero-order chi connectivity index (χ0) is 21.0. The number of benzene rings is 1. The number of anilines is 3. The Morgan fingerprint density at radius 1 is 1.30 bits per heavy atom. The van der Waals surface area contributed by atoms with E-state index in [2.05, 4.69) is 20.3 Å². The van der Waals surface area contributed by atoms with E-state index in [1.807, 2.05) is 33.2 Å². The number of nitrogens with zero attached hydrogens (tertiary/aromatic N) is 4. The SMILES string of the molecule is CN(C)c1nc(N)nc(COc2cccc(NC(=O)C3CCCCC3(C)N)c2)n1.Cl. The molecule has 10 heteroatoms. The van der Waals surface area contributed by atoms with E-state index in [1.54, 1.807) is 17.0 Å². The number of hydrogen-bond donors (Lipinski definition) is 3. The summed E-state index contributed by atoms with van der Waals surface area (Å²) in [6, 6.07) is 7.22. The molecule has 164 valence electrons. The molecule has 2 unspecified atom stereocenters. The molecule has 2 atom stereocenters. The highest BCUT2D eigenvalue weighted by Crippen LogP contribution is 2.32. The fourth-order valence-corrected chi connectivity index (χ4v) is 3.52. The molecule has 9 nitrogen and oxygen atoms in total. The topological polar surface area (TPSA) is 132 Å². The van der Waals surface area contributed by atoms with Crippen LogP contribution in [0.25, 0.3) is 0 Å². The van der Waals surface area contributed by atoms with Crippen LogP contribution in [0.5, 0.6) is 5.75 Å². The van der Waals surface area contributed by atoms with Gasteiger partial charge in [0.15, 0.2) is 5.82 Å². The molecule has 1 aliphatic carbocycles. The minimum atomic E-state index is -0.473. The Morgan fingerprint density at radius 3 is 2.77 bits per heavy atom. The van der Waals surface area contributed by atoms with Gasteiger partial charge < -0.3 is 26.4 Å².